The van der Waals surface area contributed by atoms with Gasteiger partial charge in [0.2, 0.25) is 0 Å². The number of hydrogen-bond acceptors (Lipinski definition) is 2. The van der Waals surface area contributed by atoms with Gasteiger partial charge in [0.25, 0.3) is 5.91 Å². The average molecular weight is 379 g/mol. The number of aryl methyl sites for hydroxylation is 1. The summed E-state index contributed by atoms with van der Waals surface area (Å²) in [6, 6.07) is 7.47. The number of carbonyl (C=O) groups excluding carboxylic acids is 1. The van der Waals surface area contributed by atoms with Crippen molar-refractivity contribution in [3.8, 4) is 0 Å². The average Bonchev–Trinajstić information content (AvgIpc) is 2.89. The molecule has 1 aliphatic heterocycles. The molecule has 2 aromatic rings. The van der Waals surface area contributed by atoms with E-state index in [1.807, 2.05) is 37.3 Å². The molecule has 1 aromatic heterocycles. The van der Waals surface area contributed by atoms with Crippen molar-refractivity contribution in [2.24, 2.45) is 0 Å². The number of halogens is 1. The van der Waals surface area contributed by atoms with Crippen LogP contribution in [0.2, 0.25) is 0 Å². The van der Waals surface area contributed by atoms with E-state index < -0.39 is 7.14 Å². The predicted octanol–water partition coefficient (Wildman–Crippen LogP) is 3.83. The van der Waals surface area contributed by atoms with E-state index in [2.05, 4.69) is 26.2 Å². The lowest BCUT2D eigenvalue weighted by molar-refractivity contribution is -0.110. The molecule has 0 fully saturated rings. The minimum absolute atomic E-state index is 0.145. The first-order valence-electron chi connectivity index (χ1n) is 6.84. The molecule has 3 rings (SSSR count). The monoisotopic (exact) mass is 378 g/mol. The van der Waals surface area contributed by atoms with E-state index in [0.29, 0.717) is 5.57 Å². The molecule has 0 saturated carbocycles. The van der Waals surface area contributed by atoms with Crippen molar-refractivity contribution in [3.63, 3.8) is 0 Å². The Bertz CT molecular complexity index is 861. The number of nitrogens with one attached hydrogen (secondary N) is 2. The molecule has 0 aliphatic carbocycles. The molecule has 0 saturated heterocycles. The van der Waals surface area contributed by atoms with Gasteiger partial charge in [0.1, 0.15) is 7.14 Å². The molecule has 2 heterocycles. The summed E-state index contributed by atoms with van der Waals surface area (Å²) < 4.78 is 13.1. The summed E-state index contributed by atoms with van der Waals surface area (Å²) in [5.41, 5.74) is 4.03. The Kier molecular flexibility index (Phi) is 3.66. The van der Waals surface area contributed by atoms with Crippen LogP contribution in [0.15, 0.2) is 28.7 Å². The third-order valence-electron chi connectivity index (χ3n) is 3.63. The Hall–Kier alpha value is -1.58. The highest BCUT2D eigenvalue weighted by atomic mass is 79.9. The second-order valence-corrected chi connectivity index (χ2v) is 9.88. The summed E-state index contributed by atoms with van der Waals surface area (Å²) >= 11 is 3.48. The summed E-state index contributed by atoms with van der Waals surface area (Å²) in [4.78, 5) is 15.4. The van der Waals surface area contributed by atoms with Crippen LogP contribution in [0.1, 0.15) is 17.0 Å². The van der Waals surface area contributed by atoms with Gasteiger partial charge < -0.3 is 14.9 Å². The third kappa shape index (κ3) is 2.71. The number of carbonyl (C=O) groups is 1. The van der Waals surface area contributed by atoms with E-state index in [4.69, 9.17) is 0 Å². The molecule has 2 N–H and O–H groups in total. The van der Waals surface area contributed by atoms with Crippen LogP contribution in [0.5, 0.6) is 0 Å². The van der Waals surface area contributed by atoms with Gasteiger partial charge in [-0.25, -0.2) is 0 Å². The quantitative estimate of drug-likeness (QED) is 0.616. The Balaban J connectivity index is 2.09. The number of fused-ring (bicyclic) bond motifs is 1. The van der Waals surface area contributed by atoms with Crippen LogP contribution < -0.4 is 10.6 Å². The maximum atomic E-state index is 12.2. The minimum atomic E-state index is -2.35. The molecular weight excluding hydrogens is 363 g/mol. The van der Waals surface area contributed by atoms with Gasteiger partial charge in [-0.2, -0.15) is 0 Å². The minimum Gasteiger partial charge on any atom is -0.358 e. The lowest BCUT2D eigenvalue weighted by Crippen LogP contribution is -2.06. The Morgan fingerprint density at radius 1 is 1.23 bits per heavy atom. The summed E-state index contributed by atoms with van der Waals surface area (Å²) in [6.07, 6.45) is 1.83. The topological polar surface area (TPSA) is 62.0 Å². The number of benzene rings is 1. The third-order valence-corrected chi connectivity index (χ3v) is 5.81. The van der Waals surface area contributed by atoms with Gasteiger partial charge in [-0.15, -0.1) is 0 Å². The van der Waals surface area contributed by atoms with Crippen molar-refractivity contribution < 1.29 is 9.36 Å². The molecule has 0 bridgehead atoms. The lowest BCUT2D eigenvalue weighted by Gasteiger charge is -2.08. The zero-order chi connectivity index (χ0) is 16.1. The van der Waals surface area contributed by atoms with E-state index in [9.17, 15) is 9.36 Å². The van der Waals surface area contributed by atoms with Crippen molar-refractivity contribution in [1.29, 1.82) is 0 Å². The molecule has 1 aliphatic rings. The fourth-order valence-electron chi connectivity index (χ4n) is 2.49. The number of rotatable bonds is 2. The van der Waals surface area contributed by atoms with Gasteiger partial charge in [0.15, 0.2) is 0 Å². The molecule has 0 atom stereocenters. The van der Waals surface area contributed by atoms with Crippen molar-refractivity contribution >= 4 is 51.6 Å². The summed E-state index contributed by atoms with van der Waals surface area (Å²) in [6.45, 7) is 5.41. The van der Waals surface area contributed by atoms with E-state index in [1.54, 1.807) is 13.3 Å². The first kappa shape index (κ1) is 15.3. The number of aromatic nitrogens is 1. The van der Waals surface area contributed by atoms with Crippen LogP contribution in [0.25, 0.3) is 11.6 Å². The molecule has 4 nitrogen and oxygen atoms in total. The zero-order valence-corrected chi connectivity index (χ0v) is 15.0. The van der Waals surface area contributed by atoms with Gasteiger partial charge in [-0.3, -0.25) is 4.79 Å². The zero-order valence-electron chi connectivity index (χ0n) is 12.5. The summed E-state index contributed by atoms with van der Waals surface area (Å²) in [5, 5.41) is 3.62. The molecule has 22 heavy (non-hydrogen) atoms. The highest BCUT2D eigenvalue weighted by Crippen LogP contribution is 2.39. The highest BCUT2D eigenvalue weighted by Gasteiger charge is 2.26. The molecule has 0 radical (unpaired) electrons. The second-order valence-electron chi connectivity index (χ2n) is 5.81. The largest absolute Gasteiger partial charge is 0.358 e. The number of amides is 1. The number of hydrogen-bond donors (Lipinski definition) is 2. The van der Waals surface area contributed by atoms with Gasteiger partial charge in [0.05, 0.1) is 11.3 Å². The van der Waals surface area contributed by atoms with Crippen LogP contribution in [0.4, 0.5) is 5.69 Å². The normalized spacial score (nSPS) is 16.0. The molecule has 1 amide bonds. The predicted molar refractivity (Wildman–Crippen MR) is 95.3 cm³/mol. The smallest absolute Gasteiger partial charge is 0.256 e. The van der Waals surface area contributed by atoms with Crippen molar-refractivity contribution in [1.82, 2.24) is 4.98 Å². The van der Waals surface area contributed by atoms with Crippen LogP contribution in [0, 0.1) is 6.92 Å². The molecule has 114 valence electrons. The van der Waals surface area contributed by atoms with Crippen molar-refractivity contribution in [2.45, 2.75) is 6.92 Å². The molecule has 1 aromatic carbocycles. The SMILES string of the molecule is Cc1cc(Br)c(C=C2C(=O)Nc3cc(P(C)(C)=O)ccc32)[nH]1. The van der Waals surface area contributed by atoms with Gasteiger partial charge in [-0.05, 0) is 54.4 Å². The number of aromatic amines is 1. The fraction of sp³-hybridized carbons (Fsp3) is 0.188. The Labute approximate surface area is 137 Å². The van der Waals surface area contributed by atoms with Crippen molar-refractivity contribution in [3.05, 3.63) is 45.7 Å². The van der Waals surface area contributed by atoms with E-state index >= 15 is 0 Å². The van der Waals surface area contributed by atoms with E-state index in [1.165, 1.54) is 0 Å². The Morgan fingerprint density at radius 2 is 1.95 bits per heavy atom. The van der Waals surface area contributed by atoms with E-state index in [0.717, 1.165) is 32.4 Å². The van der Waals surface area contributed by atoms with Gasteiger partial charge in [-0.1, -0.05) is 12.1 Å². The summed E-state index contributed by atoms with van der Waals surface area (Å²) in [7, 11) is -2.35. The summed E-state index contributed by atoms with van der Waals surface area (Å²) in [5.74, 6) is -0.145. The fourth-order valence-corrected chi connectivity index (χ4v) is 3.92. The standard InChI is InChI=1S/C16H16BrN2O2P/c1-9-6-13(17)15(18-9)8-12-11-5-4-10(22(2,3)21)7-14(11)19-16(12)20/h4-8,18H,1-3H3,(H,19,20). The van der Waals surface area contributed by atoms with Gasteiger partial charge in [0, 0.05) is 26.7 Å². The van der Waals surface area contributed by atoms with E-state index in [-0.39, 0.29) is 5.91 Å². The maximum Gasteiger partial charge on any atom is 0.256 e. The second kappa shape index (κ2) is 5.25. The van der Waals surface area contributed by atoms with Crippen molar-refractivity contribution in [2.75, 3.05) is 18.6 Å². The van der Waals surface area contributed by atoms with Crippen LogP contribution >= 0.6 is 23.1 Å². The molecule has 6 heteroatoms. The number of anilines is 1. The molecule has 0 spiro atoms. The first-order valence-corrected chi connectivity index (χ1v) is 10.2. The molecule has 0 unspecified atom stereocenters. The van der Waals surface area contributed by atoms with Crippen LogP contribution in [0.3, 0.4) is 0 Å². The Morgan fingerprint density at radius 3 is 2.55 bits per heavy atom. The van der Waals surface area contributed by atoms with Gasteiger partial charge >= 0.3 is 0 Å². The number of H-pyrrole nitrogens is 1. The van der Waals surface area contributed by atoms with Crippen LogP contribution in [-0.2, 0) is 9.36 Å². The first-order chi connectivity index (χ1) is 10.3. The highest BCUT2D eigenvalue weighted by molar-refractivity contribution is 9.10. The van der Waals surface area contributed by atoms with Crippen LogP contribution in [-0.4, -0.2) is 24.2 Å². The molecular formula is C16H16BrN2O2P. The maximum absolute atomic E-state index is 12.2. The lowest BCUT2D eigenvalue weighted by atomic mass is 10.1.